The molecule has 1 atom stereocenters. The summed E-state index contributed by atoms with van der Waals surface area (Å²) in [4.78, 5) is 27.1. The van der Waals surface area contributed by atoms with Gasteiger partial charge in [-0.3, -0.25) is 14.7 Å². The van der Waals surface area contributed by atoms with Crippen LogP contribution in [0.1, 0.15) is 45.9 Å². The van der Waals surface area contributed by atoms with Crippen molar-refractivity contribution in [3.8, 4) is 11.6 Å². The Bertz CT molecular complexity index is 1160. The summed E-state index contributed by atoms with van der Waals surface area (Å²) in [5.41, 5.74) is 3.72. The van der Waals surface area contributed by atoms with Gasteiger partial charge in [0.1, 0.15) is 11.4 Å². The summed E-state index contributed by atoms with van der Waals surface area (Å²) in [6, 6.07) is 15.9. The maximum absolute atomic E-state index is 13.7. The number of carbonyl (C=O) groups is 1. The third-order valence-electron chi connectivity index (χ3n) is 6.83. The number of aryl methyl sites for hydroxylation is 1. The third kappa shape index (κ3) is 5.52. The number of benzene rings is 2. The quantitative estimate of drug-likeness (QED) is 0.529. The predicted molar refractivity (Wildman–Crippen MR) is 134 cm³/mol. The van der Waals surface area contributed by atoms with E-state index >= 15 is 0 Å². The van der Waals surface area contributed by atoms with E-state index in [1.165, 1.54) is 0 Å². The molecule has 2 aliphatic rings. The van der Waals surface area contributed by atoms with Gasteiger partial charge in [-0.15, -0.1) is 0 Å². The highest BCUT2D eigenvalue weighted by Gasteiger charge is 2.30. The summed E-state index contributed by atoms with van der Waals surface area (Å²) in [5, 5.41) is 0. The summed E-state index contributed by atoms with van der Waals surface area (Å²) < 4.78 is 11.7. The Hall–Kier alpha value is -3.29. The molecule has 0 N–H and O–H groups in total. The topological polar surface area (TPSA) is 67.8 Å². The SMILES string of the molecule is Cc1ccccc1Oc1nccnc1[C@@H]1CCCN(C(=O)c2ccccc2CN2CCOCC2)C1. The summed E-state index contributed by atoms with van der Waals surface area (Å²) in [6.07, 6.45) is 5.23. The Morgan fingerprint density at radius 2 is 1.80 bits per heavy atom. The smallest absolute Gasteiger partial charge is 0.254 e. The van der Waals surface area contributed by atoms with Crippen LogP contribution in [-0.2, 0) is 11.3 Å². The van der Waals surface area contributed by atoms with Crippen LogP contribution in [0.15, 0.2) is 60.9 Å². The number of likely N-dealkylation sites (tertiary alicyclic amines) is 1. The molecule has 0 bridgehead atoms. The summed E-state index contributed by atoms with van der Waals surface area (Å²) in [7, 11) is 0. The highest BCUT2D eigenvalue weighted by molar-refractivity contribution is 5.95. The van der Waals surface area contributed by atoms with Crippen LogP contribution in [0.2, 0.25) is 0 Å². The number of hydrogen-bond donors (Lipinski definition) is 0. The van der Waals surface area contributed by atoms with Crippen molar-refractivity contribution in [1.29, 1.82) is 0 Å². The molecule has 0 saturated carbocycles. The zero-order chi connectivity index (χ0) is 24.0. The Labute approximate surface area is 206 Å². The first-order valence-electron chi connectivity index (χ1n) is 12.4. The van der Waals surface area contributed by atoms with Crippen LogP contribution in [0.5, 0.6) is 11.6 Å². The largest absolute Gasteiger partial charge is 0.437 e. The number of hydrogen-bond acceptors (Lipinski definition) is 6. The van der Waals surface area contributed by atoms with Gasteiger partial charge in [0.15, 0.2) is 0 Å². The maximum Gasteiger partial charge on any atom is 0.254 e. The highest BCUT2D eigenvalue weighted by Crippen LogP contribution is 2.34. The van der Waals surface area contributed by atoms with Crippen LogP contribution in [0, 0.1) is 6.92 Å². The van der Waals surface area contributed by atoms with E-state index in [4.69, 9.17) is 9.47 Å². The van der Waals surface area contributed by atoms with Gasteiger partial charge in [0.2, 0.25) is 5.88 Å². The maximum atomic E-state index is 13.7. The second kappa shape index (κ2) is 11.0. The molecule has 2 aromatic carbocycles. The standard InChI is InChI=1S/C28H32N4O3/c1-21-7-2-5-11-25(21)35-27-26(29-12-13-30-27)23-9-6-14-32(20-23)28(33)24-10-4-3-8-22(24)19-31-15-17-34-18-16-31/h2-5,7-8,10-13,23H,6,9,14-20H2,1H3/t23-/m1/s1. The highest BCUT2D eigenvalue weighted by atomic mass is 16.5. The average molecular weight is 473 g/mol. The Morgan fingerprint density at radius 3 is 2.66 bits per heavy atom. The van der Waals surface area contributed by atoms with E-state index in [0.29, 0.717) is 12.4 Å². The second-order valence-corrected chi connectivity index (χ2v) is 9.25. The van der Waals surface area contributed by atoms with Gasteiger partial charge >= 0.3 is 0 Å². The van der Waals surface area contributed by atoms with E-state index in [2.05, 4.69) is 20.9 Å². The Kier molecular flexibility index (Phi) is 7.35. The fourth-order valence-electron chi connectivity index (χ4n) is 4.89. The van der Waals surface area contributed by atoms with Crippen LogP contribution < -0.4 is 4.74 Å². The molecule has 0 radical (unpaired) electrons. The van der Waals surface area contributed by atoms with Crippen LogP contribution in [0.3, 0.4) is 0 Å². The summed E-state index contributed by atoms with van der Waals surface area (Å²) >= 11 is 0. The van der Waals surface area contributed by atoms with Crippen LogP contribution in [-0.4, -0.2) is 65.1 Å². The minimum absolute atomic E-state index is 0.0758. The fraction of sp³-hybridized carbons (Fsp3) is 0.393. The predicted octanol–water partition coefficient (Wildman–Crippen LogP) is 4.43. The number of aromatic nitrogens is 2. The van der Waals surface area contributed by atoms with Crippen LogP contribution in [0.4, 0.5) is 0 Å². The molecule has 1 amide bonds. The van der Waals surface area contributed by atoms with Crippen molar-refractivity contribution in [2.75, 3.05) is 39.4 Å². The molecular weight excluding hydrogens is 440 g/mol. The molecule has 2 fully saturated rings. The van der Waals surface area contributed by atoms with Gasteiger partial charge in [0.25, 0.3) is 5.91 Å². The summed E-state index contributed by atoms with van der Waals surface area (Å²) in [5.74, 6) is 1.46. The molecule has 7 heteroatoms. The molecule has 35 heavy (non-hydrogen) atoms. The molecule has 0 aliphatic carbocycles. The number of carbonyl (C=O) groups excluding carboxylic acids is 1. The van der Waals surface area contributed by atoms with Gasteiger partial charge in [-0.1, -0.05) is 36.4 Å². The fourth-order valence-corrected chi connectivity index (χ4v) is 4.89. The molecular formula is C28H32N4O3. The van der Waals surface area contributed by atoms with Gasteiger partial charge < -0.3 is 14.4 Å². The first-order valence-corrected chi connectivity index (χ1v) is 12.4. The number of amides is 1. The lowest BCUT2D eigenvalue weighted by atomic mass is 9.93. The van der Waals surface area contributed by atoms with Crippen molar-refractivity contribution in [3.63, 3.8) is 0 Å². The van der Waals surface area contributed by atoms with E-state index < -0.39 is 0 Å². The molecule has 0 unspecified atom stereocenters. The minimum Gasteiger partial charge on any atom is -0.437 e. The molecule has 0 spiro atoms. The van der Waals surface area contributed by atoms with Gasteiger partial charge in [0.05, 0.1) is 13.2 Å². The molecule has 7 nitrogen and oxygen atoms in total. The minimum atomic E-state index is 0.0758. The van der Waals surface area contributed by atoms with E-state index in [-0.39, 0.29) is 11.8 Å². The Balaban J connectivity index is 1.33. The zero-order valence-electron chi connectivity index (χ0n) is 20.2. The molecule has 5 rings (SSSR count). The van der Waals surface area contributed by atoms with Crippen molar-refractivity contribution in [1.82, 2.24) is 19.8 Å². The van der Waals surface area contributed by atoms with Gasteiger partial charge in [-0.2, -0.15) is 0 Å². The molecule has 3 heterocycles. The molecule has 3 aromatic rings. The Morgan fingerprint density at radius 1 is 1.03 bits per heavy atom. The molecule has 2 saturated heterocycles. The van der Waals surface area contributed by atoms with Crippen LogP contribution >= 0.6 is 0 Å². The van der Waals surface area contributed by atoms with E-state index in [1.54, 1.807) is 12.4 Å². The molecule has 2 aliphatic heterocycles. The number of piperidine rings is 1. The van der Waals surface area contributed by atoms with Gasteiger partial charge in [-0.25, -0.2) is 4.98 Å². The van der Waals surface area contributed by atoms with Gasteiger partial charge in [0, 0.05) is 56.6 Å². The number of rotatable bonds is 6. The zero-order valence-corrected chi connectivity index (χ0v) is 20.2. The normalized spacial score (nSPS) is 18.9. The molecule has 182 valence electrons. The van der Waals surface area contributed by atoms with Crippen LogP contribution in [0.25, 0.3) is 0 Å². The van der Waals surface area contributed by atoms with E-state index in [9.17, 15) is 4.79 Å². The first kappa shape index (κ1) is 23.5. The monoisotopic (exact) mass is 472 g/mol. The first-order chi connectivity index (χ1) is 17.2. The second-order valence-electron chi connectivity index (χ2n) is 9.25. The van der Waals surface area contributed by atoms with E-state index in [1.807, 2.05) is 54.3 Å². The van der Waals surface area contributed by atoms with E-state index in [0.717, 1.165) is 80.4 Å². The number of morpholine rings is 1. The third-order valence-corrected chi connectivity index (χ3v) is 6.83. The van der Waals surface area contributed by atoms with Crippen molar-refractivity contribution in [3.05, 3.63) is 83.3 Å². The van der Waals surface area contributed by atoms with Crippen molar-refractivity contribution in [2.24, 2.45) is 0 Å². The lowest BCUT2D eigenvalue weighted by Gasteiger charge is -2.33. The van der Waals surface area contributed by atoms with Crippen molar-refractivity contribution >= 4 is 5.91 Å². The lowest BCUT2D eigenvalue weighted by molar-refractivity contribution is 0.0339. The van der Waals surface area contributed by atoms with Crippen molar-refractivity contribution in [2.45, 2.75) is 32.2 Å². The number of para-hydroxylation sites is 1. The van der Waals surface area contributed by atoms with Gasteiger partial charge in [-0.05, 0) is 43.0 Å². The lowest BCUT2D eigenvalue weighted by Crippen LogP contribution is -2.40. The number of ether oxygens (including phenoxy) is 2. The average Bonchev–Trinajstić information content (AvgIpc) is 2.91. The van der Waals surface area contributed by atoms with Crippen molar-refractivity contribution < 1.29 is 14.3 Å². The number of nitrogens with zero attached hydrogens (tertiary/aromatic N) is 4. The molecule has 1 aromatic heterocycles. The summed E-state index contributed by atoms with van der Waals surface area (Å²) in [6.45, 7) is 7.41.